The molecule has 2 aromatic rings. The predicted molar refractivity (Wildman–Crippen MR) is 74.6 cm³/mol. The van der Waals surface area contributed by atoms with Gasteiger partial charge in [-0.1, -0.05) is 12.1 Å². The number of halogens is 3. The van der Waals surface area contributed by atoms with Crippen molar-refractivity contribution in [2.45, 2.75) is 18.8 Å². The van der Waals surface area contributed by atoms with Crippen LogP contribution in [0.25, 0.3) is 0 Å². The molecule has 7 heteroatoms. The molecule has 0 aliphatic carbocycles. The minimum Gasteiger partial charge on any atom is -0.508 e. The number of benzene rings is 2. The molecule has 0 saturated heterocycles. The molecule has 0 aromatic heterocycles. The summed E-state index contributed by atoms with van der Waals surface area (Å²) in [6, 6.07) is 9.19. The normalized spacial score (nSPS) is 12.9. The molecule has 0 bridgehead atoms. The number of aromatic hydroxyl groups is 2. The molecule has 0 saturated carbocycles. The van der Waals surface area contributed by atoms with E-state index < -0.39 is 12.3 Å². The number of alkyl halides is 3. The molecule has 0 spiro atoms. The topological polar surface area (TPSA) is 72.7 Å². The van der Waals surface area contributed by atoms with Gasteiger partial charge in [0.2, 0.25) is 0 Å². The monoisotopic (exact) mass is 313 g/mol. The lowest BCUT2D eigenvalue weighted by Crippen LogP contribution is -2.20. The van der Waals surface area contributed by atoms with Crippen LogP contribution >= 0.6 is 0 Å². The summed E-state index contributed by atoms with van der Waals surface area (Å²) in [6.45, 7) is 0.182. The van der Waals surface area contributed by atoms with Crippen LogP contribution in [-0.2, 0) is 6.54 Å². The van der Waals surface area contributed by atoms with Crippen LogP contribution in [0, 0.1) is 0 Å². The fourth-order valence-electron chi connectivity index (χ4n) is 1.88. The van der Waals surface area contributed by atoms with E-state index in [2.05, 4.69) is 5.32 Å². The average Bonchev–Trinajstić information content (AvgIpc) is 2.47. The molecular formula is C15H14F3NO3. The minimum absolute atomic E-state index is 0.00162. The molecule has 0 amide bonds. The number of anilines is 1. The minimum atomic E-state index is -4.71. The smallest absolute Gasteiger partial charge is 0.418 e. The standard InChI is InChI=1S/C15H14F3NO3/c16-15(17,18)14(22)9-1-3-11(4-2-9)19-8-10-7-12(20)5-6-13(10)21/h1-7,14,19-22H,8H2. The summed E-state index contributed by atoms with van der Waals surface area (Å²) in [5.74, 6) is -0.00680. The van der Waals surface area contributed by atoms with Gasteiger partial charge in [0.25, 0.3) is 0 Å². The van der Waals surface area contributed by atoms with Crippen molar-refractivity contribution in [3.05, 3.63) is 53.6 Å². The van der Waals surface area contributed by atoms with Crippen molar-refractivity contribution < 1.29 is 28.5 Å². The number of phenolic OH excluding ortho intramolecular Hbond substituents is 2. The Morgan fingerprint density at radius 2 is 1.64 bits per heavy atom. The highest BCUT2D eigenvalue weighted by Gasteiger charge is 2.39. The molecule has 0 heterocycles. The van der Waals surface area contributed by atoms with E-state index >= 15 is 0 Å². The maximum atomic E-state index is 12.4. The molecule has 0 fully saturated rings. The fourth-order valence-corrected chi connectivity index (χ4v) is 1.88. The van der Waals surface area contributed by atoms with Gasteiger partial charge in [0.05, 0.1) is 0 Å². The Labute approximate surface area is 124 Å². The zero-order chi connectivity index (χ0) is 16.3. The van der Waals surface area contributed by atoms with Gasteiger partial charge in [0.15, 0.2) is 6.10 Å². The second-order valence-corrected chi connectivity index (χ2v) is 4.73. The zero-order valence-corrected chi connectivity index (χ0v) is 11.3. The van der Waals surface area contributed by atoms with Crippen LogP contribution < -0.4 is 5.32 Å². The van der Waals surface area contributed by atoms with Gasteiger partial charge in [-0.25, -0.2) is 0 Å². The number of nitrogens with one attached hydrogen (secondary N) is 1. The van der Waals surface area contributed by atoms with Crippen molar-refractivity contribution >= 4 is 5.69 Å². The summed E-state index contributed by atoms with van der Waals surface area (Å²) in [5.41, 5.74) is 0.707. The summed E-state index contributed by atoms with van der Waals surface area (Å²) in [4.78, 5) is 0. The van der Waals surface area contributed by atoms with Gasteiger partial charge in [-0.15, -0.1) is 0 Å². The SMILES string of the molecule is Oc1ccc(O)c(CNc2ccc(C(O)C(F)(F)F)cc2)c1. The van der Waals surface area contributed by atoms with E-state index in [-0.39, 0.29) is 23.6 Å². The van der Waals surface area contributed by atoms with Gasteiger partial charge in [-0.3, -0.25) is 0 Å². The first-order valence-electron chi connectivity index (χ1n) is 6.37. The fraction of sp³-hybridized carbons (Fsp3) is 0.200. The molecular weight excluding hydrogens is 299 g/mol. The molecule has 2 aromatic carbocycles. The number of aliphatic hydroxyl groups excluding tert-OH is 1. The van der Waals surface area contributed by atoms with Crippen molar-refractivity contribution in [3.63, 3.8) is 0 Å². The van der Waals surface area contributed by atoms with Gasteiger partial charge in [-0.05, 0) is 35.9 Å². The Hall–Kier alpha value is -2.41. The summed E-state index contributed by atoms with van der Waals surface area (Å²) < 4.78 is 37.1. The van der Waals surface area contributed by atoms with E-state index in [1.54, 1.807) is 0 Å². The summed E-state index contributed by atoms with van der Waals surface area (Å²) >= 11 is 0. The van der Waals surface area contributed by atoms with Crippen molar-refractivity contribution in [2.24, 2.45) is 0 Å². The van der Waals surface area contributed by atoms with Gasteiger partial charge in [-0.2, -0.15) is 13.2 Å². The van der Waals surface area contributed by atoms with Crippen molar-refractivity contribution in [2.75, 3.05) is 5.32 Å². The molecule has 22 heavy (non-hydrogen) atoms. The van der Waals surface area contributed by atoms with Gasteiger partial charge in [0, 0.05) is 17.8 Å². The highest BCUT2D eigenvalue weighted by atomic mass is 19.4. The first-order chi connectivity index (χ1) is 10.3. The van der Waals surface area contributed by atoms with E-state index in [4.69, 9.17) is 5.11 Å². The lowest BCUT2D eigenvalue weighted by atomic mass is 10.1. The van der Waals surface area contributed by atoms with Crippen molar-refractivity contribution in [1.29, 1.82) is 0 Å². The maximum Gasteiger partial charge on any atom is 0.418 e. The lowest BCUT2D eigenvalue weighted by Gasteiger charge is -2.15. The Balaban J connectivity index is 2.04. The number of aliphatic hydroxyl groups is 1. The predicted octanol–water partition coefficient (Wildman–Crippen LogP) is 3.31. The van der Waals surface area contributed by atoms with Crippen LogP contribution in [-0.4, -0.2) is 21.5 Å². The lowest BCUT2D eigenvalue weighted by molar-refractivity contribution is -0.206. The second-order valence-electron chi connectivity index (χ2n) is 4.73. The first kappa shape index (κ1) is 16.0. The van der Waals surface area contributed by atoms with E-state index in [0.717, 1.165) is 0 Å². The molecule has 0 aliphatic rings. The largest absolute Gasteiger partial charge is 0.508 e. The Kier molecular flexibility index (Phi) is 4.46. The number of hydrogen-bond donors (Lipinski definition) is 4. The van der Waals surface area contributed by atoms with Crippen LogP contribution in [0.4, 0.5) is 18.9 Å². The van der Waals surface area contributed by atoms with Crippen LogP contribution in [0.3, 0.4) is 0 Å². The first-order valence-corrected chi connectivity index (χ1v) is 6.37. The van der Waals surface area contributed by atoms with Crippen LogP contribution in [0.15, 0.2) is 42.5 Å². The quantitative estimate of drug-likeness (QED) is 0.654. The summed E-state index contributed by atoms with van der Waals surface area (Å²) in [5, 5.41) is 31.0. The molecule has 118 valence electrons. The van der Waals surface area contributed by atoms with E-state index in [1.165, 1.54) is 42.5 Å². The third kappa shape index (κ3) is 3.82. The van der Waals surface area contributed by atoms with Gasteiger partial charge < -0.3 is 20.6 Å². The number of hydrogen-bond acceptors (Lipinski definition) is 4. The van der Waals surface area contributed by atoms with Gasteiger partial charge in [0.1, 0.15) is 11.5 Å². The highest BCUT2D eigenvalue weighted by Crippen LogP contribution is 2.32. The highest BCUT2D eigenvalue weighted by molar-refractivity contribution is 5.47. The van der Waals surface area contributed by atoms with Crippen LogP contribution in [0.5, 0.6) is 11.5 Å². The number of phenols is 2. The van der Waals surface area contributed by atoms with Crippen LogP contribution in [0.1, 0.15) is 17.2 Å². The summed E-state index contributed by atoms with van der Waals surface area (Å²) in [6.07, 6.45) is -7.22. The van der Waals surface area contributed by atoms with Crippen molar-refractivity contribution in [3.8, 4) is 11.5 Å². The third-order valence-electron chi connectivity index (χ3n) is 3.08. The third-order valence-corrected chi connectivity index (χ3v) is 3.08. The molecule has 4 N–H and O–H groups in total. The molecule has 1 atom stereocenters. The zero-order valence-electron chi connectivity index (χ0n) is 11.3. The van der Waals surface area contributed by atoms with E-state index in [1.807, 2.05) is 0 Å². The molecule has 0 aliphatic heterocycles. The maximum absolute atomic E-state index is 12.4. The Bertz CT molecular complexity index is 641. The Morgan fingerprint density at radius 1 is 1.00 bits per heavy atom. The molecule has 0 radical (unpaired) electrons. The Morgan fingerprint density at radius 3 is 2.23 bits per heavy atom. The second kappa shape index (κ2) is 6.15. The molecule has 1 unspecified atom stereocenters. The van der Waals surface area contributed by atoms with E-state index in [0.29, 0.717) is 11.3 Å². The average molecular weight is 313 g/mol. The molecule has 2 rings (SSSR count). The van der Waals surface area contributed by atoms with Crippen molar-refractivity contribution in [1.82, 2.24) is 0 Å². The molecule has 4 nitrogen and oxygen atoms in total. The van der Waals surface area contributed by atoms with E-state index in [9.17, 15) is 23.4 Å². The summed E-state index contributed by atoms with van der Waals surface area (Å²) in [7, 11) is 0. The number of rotatable bonds is 4. The van der Waals surface area contributed by atoms with Gasteiger partial charge >= 0.3 is 6.18 Å². The van der Waals surface area contributed by atoms with Crippen LogP contribution in [0.2, 0.25) is 0 Å².